The van der Waals surface area contributed by atoms with E-state index in [2.05, 4.69) is 5.32 Å². The summed E-state index contributed by atoms with van der Waals surface area (Å²) in [5.74, 6) is 0.0395. The van der Waals surface area contributed by atoms with Gasteiger partial charge in [-0.1, -0.05) is 26.0 Å². The molecule has 0 aliphatic carbocycles. The molecule has 0 radical (unpaired) electrons. The van der Waals surface area contributed by atoms with E-state index in [-0.39, 0.29) is 17.6 Å². The Morgan fingerprint density at radius 2 is 1.86 bits per heavy atom. The molecule has 0 aromatic heterocycles. The molecule has 5 heteroatoms. The number of carbonyl (C=O) groups excluding carboxylic acids is 2. The lowest BCUT2D eigenvalue weighted by atomic mass is 10.1. The van der Waals surface area contributed by atoms with Crippen molar-refractivity contribution in [2.75, 3.05) is 19.6 Å². The monoisotopic (exact) mass is 308 g/mol. The molecule has 1 aromatic carbocycles. The lowest BCUT2D eigenvalue weighted by Crippen LogP contribution is -2.36. The molecule has 1 N–H and O–H groups in total. The molecule has 4 nitrogen and oxygen atoms in total. The number of hydrogen-bond donors (Lipinski definition) is 1. The summed E-state index contributed by atoms with van der Waals surface area (Å²) in [6.45, 7) is 7.22. The van der Waals surface area contributed by atoms with Crippen LogP contribution in [0.25, 0.3) is 0 Å². The fourth-order valence-electron chi connectivity index (χ4n) is 2.14. The van der Waals surface area contributed by atoms with E-state index in [0.29, 0.717) is 38.4 Å². The van der Waals surface area contributed by atoms with Crippen LogP contribution in [0.5, 0.6) is 0 Å². The molecule has 0 bridgehead atoms. The van der Waals surface area contributed by atoms with E-state index in [1.54, 1.807) is 17.0 Å². The highest BCUT2D eigenvalue weighted by atomic mass is 19.1. The summed E-state index contributed by atoms with van der Waals surface area (Å²) in [4.78, 5) is 25.0. The van der Waals surface area contributed by atoms with E-state index in [1.807, 2.05) is 13.8 Å². The zero-order valence-electron chi connectivity index (χ0n) is 13.6. The zero-order valence-corrected chi connectivity index (χ0v) is 13.6. The smallest absolute Gasteiger partial charge is 0.221 e. The number of nitrogens with one attached hydrogen (secondary N) is 1. The molecule has 0 heterocycles. The Kier molecular flexibility index (Phi) is 7.57. The van der Waals surface area contributed by atoms with Crippen molar-refractivity contribution in [3.8, 4) is 0 Å². The van der Waals surface area contributed by atoms with Gasteiger partial charge in [0.1, 0.15) is 5.82 Å². The maximum Gasteiger partial charge on any atom is 0.221 e. The Morgan fingerprint density at radius 3 is 2.41 bits per heavy atom. The van der Waals surface area contributed by atoms with Crippen LogP contribution in [0.15, 0.2) is 24.3 Å². The second-order valence-electron chi connectivity index (χ2n) is 5.84. The van der Waals surface area contributed by atoms with E-state index >= 15 is 0 Å². The first-order valence-electron chi connectivity index (χ1n) is 7.65. The number of carbonyl (C=O) groups is 2. The van der Waals surface area contributed by atoms with Gasteiger partial charge in [-0.15, -0.1) is 0 Å². The van der Waals surface area contributed by atoms with Crippen LogP contribution >= 0.6 is 0 Å². The van der Waals surface area contributed by atoms with E-state index in [4.69, 9.17) is 0 Å². The maximum absolute atomic E-state index is 12.8. The van der Waals surface area contributed by atoms with Crippen LogP contribution in [-0.4, -0.2) is 36.3 Å². The summed E-state index contributed by atoms with van der Waals surface area (Å²) in [6, 6.07) is 6.24. The number of amides is 2. The van der Waals surface area contributed by atoms with Gasteiger partial charge in [-0.25, -0.2) is 4.39 Å². The molecule has 1 rings (SSSR count). The van der Waals surface area contributed by atoms with Crippen LogP contribution in [0, 0.1) is 11.7 Å². The third kappa shape index (κ3) is 7.20. The molecule has 0 aliphatic heterocycles. The van der Waals surface area contributed by atoms with Gasteiger partial charge < -0.3 is 10.2 Å². The van der Waals surface area contributed by atoms with Gasteiger partial charge in [-0.05, 0) is 30.0 Å². The number of rotatable bonds is 8. The number of benzene rings is 1. The molecule has 0 atom stereocenters. The highest BCUT2D eigenvalue weighted by molar-refractivity contribution is 5.78. The Balaban J connectivity index is 2.27. The molecular formula is C17H25FN2O2. The highest BCUT2D eigenvalue weighted by Crippen LogP contribution is 2.03. The molecular weight excluding hydrogens is 283 g/mol. The first kappa shape index (κ1) is 18.1. The van der Waals surface area contributed by atoms with Crippen LogP contribution in [0.2, 0.25) is 0 Å². The summed E-state index contributed by atoms with van der Waals surface area (Å²) in [5, 5.41) is 2.82. The molecule has 0 saturated heterocycles. The molecule has 2 amide bonds. The minimum atomic E-state index is -0.262. The number of nitrogens with zero attached hydrogens (tertiary/aromatic N) is 1. The van der Waals surface area contributed by atoms with Gasteiger partial charge in [-0.2, -0.15) is 0 Å². The lowest BCUT2D eigenvalue weighted by Gasteiger charge is -2.22. The van der Waals surface area contributed by atoms with Gasteiger partial charge in [0, 0.05) is 33.0 Å². The Hall–Kier alpha value is -1.91. The van der Waals surface area contributed by atoms with Crippen molar-refractivity contribution < 1.29 is 14.0 Å². The molecule has 0 unspecified atom stereocenters. The Labute approximate surface area is 131 Å². The van der Waals surface area contributed by atoms with E-state index in [1.165, 1.54) is 19.1 Å². The van der Waals surface area contributed by atoms with Crippen LogP contribution in [-0.2, 0) is 16.0 Å². The molecule has 0 spiro atoms. The molecule has 1 aromatic rings. The fraction of sp³-hybridized carbons (Fsp3) is 0.529. The van der Waals surface area contributed by atoms with Gasteiger partial charge in [0.15, 0.2) is 0 Å². The van der Waals surface area contributed by atoms with E-state index < -0.39 is 0 Å². The van der Waals surface area contributed by atoms with Crippen molar-refractivity contribution in [3.05, 3.63) is 35.6 Å². The largest absolute Gasteiger partial charge is 0.356 e. The standard InChI is InChI=1S/C17H25FN2O2/c1-13(2)12-20(14(3)21)11-9-17(22)19-10-8-15-4-6-16(18)7-5-15/h4-7,13H,8-12H2,1-3H3,(H,19,22). The van der Waals surface area contributed by atoms with Crippen molar-refractivity contribution in [1.29, 1.82) is 0 Å². The van der Waals surface area contributed by atoms with Gasteiger partial charge in [-0.3, -0.25) is 9.59 Å². The van der Waals surface area contributed by atoms with Gasteiger partial charge >= 0.3 is 0 Å². The summed E-state index contributed by atoms with van der Waals surface area (Å²) in [6.07, 6.45) is 0.962. The summed E-state index contributed by atoms with van der Waals surface area (Å²) in [7, 11) is 0. The SMILES string of the molecule is CC(=O)N(CCC(=O)NCCc1ccc(F)cc1)CC(C)C. The predicted octanol–water partition coefficient (Wildman–Crippen LogP) is 2.38. The third-order valence-corrected chi connectivity index (χ3v) is 3.29. The van der Waals surface area contributed by atoms with Crippen molar-refractivity contribution in [2.45, 2.75) is 33.6 Å². The minimum absolute atomic E-state index is 0.00666. The Morgan fingerprint density at radius 1 is 1.23 bits per heavy atom. The van der Waals surface area contributed by atoms with Crippen molar-refractivity contribution in [2.24, 2.45) is 5.92 Å². The molecule has 22 heavy (non-hydrogen) atoms. The molecule has 0 fully saturated rings. The van der Waals surface area contributed by atoms with Crippen LogP contribution < -0.4 is 5.32 Å². The quantitative estimate of drug-likeness (QED) is 0.801. The van der Waals surface area contributed by atoms with Crippen molar-refractivity contribution in [3.63, 3.8) is 0 Å². The van der Waals surface area contributed by atoms with E-state index in [0.717, 1.165) is 5.56 Å². The van der Waals surface area contributed by atoms with E-state index in [9.17, 15) is 14.0 Å². The average Bonchev–Trinajstić information content (AvgIpc) is 2.45. The van der Waals surface area contributed by atoms with Crippen LogP contribution in [0.1, 0.15) is 32.8 Å². The minimum Gasteiger partial charge on any atom is -0.356 e. The van der Waals surface area contributed by atoms with Crippen LogP contribution in [0.3, 0.4) is 0 Å². The van der Waals surface area contributed by atoms with Gasteiger partial charge in [0.25, 0.3) is 0 Å². The average molecular weight is 308 g/mol. The van der Waals surface area contributed by atoms with Crippen LogP contribution in [0.4, 0.5) is 4.39 Å². The molecule has 0 saturated carbocycles. The fourth-order valence-corrected chi connectivity index (χ4v) is 2.14. The lowest BCUT2D eigenvalue weighted by molar-refractivity contribution is -0.130. The normalized spacial score (nSPS) is 10.6. The number of halogens is 1. The summed E-state index contributed by atoms with van der Waals surface area (Å²) in [5.41, 5.74) is 0.979. The first-order valence-corrected chi connectivity index (χ1v) is 7.65. The summed E-state index contributed by atoms with van der Waals surface area (Å²) < 4.78 is 12.8. The molecule has 122 valence electrons. The summed E-state index contributed by atoms with van der Waals surface area (Å²) >= 11 is 0. The maximum atomic E-state index is 12.8. The second kappa shape index (κ2) is 9.18. The Bertz CT molecular complexity index is 486. The van der Waals surface area contributed by atoms with Crippen molar-refractivity contribution in [1.82, 2.24) is 10.2 Å². The second-order valence-corrected chi connectivity index (χ2v) is 5.84. The third-order valence-electron chi connectivity index (χ3n) is 3.29. The highest BCUT2D eigenvalue weighted by Gasteiger charge is 2.12. The predicted molar refractivity (Wildman–Crippen MR) is 84.8 cm³/mol. The van der Waals surface area contributed by atoms with Crippen molar-refractivity contribution >= 4 is 11.8 Å². The topological polar surface area (TPSA) is 49.4 Å². The number of hydrogen-bond acceptors (Lipinski definition) is 2. The first-order chi connectivity index (χ1) is 10.4. The zero-order chi connectivity index (χ0) is 16.5. The van der Waals surface area contributed by atoms with Gasteiger partial charge in [0.05, 0.1) is 0 Å². The van der Waals surface area contributed by atoms with Gasteiger partial charge in [0.2, 0.25) is 11.8 Å². The molecule has 0 aliphatic rings.